The molecule has 1 saturated carbocycles. The maximum absolute atomic E-state index is 5.63. The second-order valence-corrected chi connectivity index (χ2v) is 8.60. The van der Waals surface area contributed by atoms with Crippen LogP contribution in [0.15, 0.2) is 4.99 Å². The Balaban J connectivity index is 2.61. The van der Waals surface area contributed by atoms with E-state index < -0.39 is 0 Å². The normalized spacial score (nSPS) is 18.0. The van der Waals surface area contributed by atoms with Gasteiger partial charge >= 0.3 is 0 Å². The Morgan fingerprint density at radius 1 is 1.16 bits per heavy atom. The number of aliphatic imine (C=N–C) groups is 1. The number of ether oxygens (including phenoxy) is 1. The van der Waals surface area contributed by atoms with E-state index in [4.69, 9.17) is 9.73 Å². The van der Waals surface area contributed by atoms with E-state index in [0.29, 0.717) is 5.41 Å². The molecule has 0 aliphatic heterocycles. The fourth-order valence-electron chi connectivity index (χ4n) is 3.89. The molecule has 1 fully saturated rings. The molecule has 0 aromatic rings. The van der Waals surface area contributed by atoms with Gasteiger partial charge in [-0.05, 0) is 58.0 Å². The van der Waals surface area contributed by atoms with Crippen molar-refractivity contribution in [3.8, 4) is 0 Å². The van der Waals surface area contributed by atoms with Gasteiger partial charge in [0.25, 0.3) is 0 Å². The van der Waals surface area contributed by atoms with Gasteiger partial charge in [-0.15, -0.1) is 0 Å². The molecule has 0 spiro atoms. The van der Waals surface area contributed by atoms with Crippen molar-refractivity contribution in [3.63, 3.8) is 0 Å². The molecule has 0 aromatic carbocycles. The standard InChI is InChI=1S/C20H42N4O/c1-7-21-18(22-15-19(3,4)17-24(5)6)23-16-20(11-9-10-12-20)13-14-25-8-2/h7-17H2,1-6H3,(H2,21,22,23). The van der Waals surface area contributed by atoms with Crippen molar-refractivity contribution in [2.45, 2.75) is 59.8 Å². The van der Waals surface area contributed by atoms with Gasteiger partial charge < -0.3 is 20.3 Å². The van der Waals surface area contributed by atoms with Gasteiger partial charge in [-0.3, -0.25) is 4.99 Å². The van der Waals surface area contributed by atoms with Crippen molar-refractivity contribution in [2.75, 3.05) is 53.5 Å². The first-order valence-electron chi connectivity index (χ1n) is 10.1. The Morgan fingerprint density at radius 3 is 2.40 bits per heavy atom. The van der Waals surface area contributed by atoms with Crippen LogP contribution in [0.1, 0.15) is 59.8 Å². The predicted octanol–water partition coefficient (Wildman–Crippen LogP) is 3.12. The summed E-state index contributed by atoms with van der Waals surface area (Å²) in [7, 11) is 4.24. The molecule has 0 radical (unpaired) electrons. The fraction of sp³-hybridized carbons (Fsp3) is 0.950. The number of hydrogen-bond acceptors (Lipinski definition) is 3. The zero-order valence-electron chi connectivity index (χ0n) is 17.6. The van der Waals surface area contributed by atoms with Crippen LogP contribution in [0.5, 0.6) is 0 Å². The van der Waals surface area contributed by atoms with E-state index in [0.717, 1.165) is 51.8 Å². The summed E-state index contributed by atoms with van der Waals surface area (Å²) < 4.78 is 5.63. The van der Waals surface area contributed by atoms with Crippen LogP contribution in [-0.4, -0.2) is 64.3 Å². The summed E-state index contributed by atoms with van der Waals surface area (Å²) in [5, 5.41) is 7.04. The van der Waals surface area contributed by atoms with E-state index in [1.54, 1.807) is 0 Å². The molecule has 0 unspecified atom stereocenters. The van der Waals surface area contributed by atoms with Crippen LogP contribution in [0.2, 0.25) is 0 Å². The van der Waals surface area contributed by atoms with Gasteiger partial charge in [-0.1, -0.05) is 26.7 Å². The van der Waals surface area contributed by atoms with Gasteiger partial charge in [0.15, 0.2) is 5.96 Å². The lowest BCUT2D eigenvalue weighted by atomic mass is 9.83. The number of guanidine groups is 1. The van der Waals surface area contributed by atoms with E-state index >= 15 is 0 Å². The Morgan fingerprint density at radius 2 is 1.84 bits per heavy atom. The molecule has 0 aromatic heterocycles. The highest BCUT2D eigenvalue weighted by Gasteiger charge is 2.33. The Bertz CT molecular complexity index is 387. The maximum Gasteiger partial charge on any atom is 0.191 e. The first kappa shape index (κ1) is 22.2. The zero-order chi connectivity index (χ0) is 18.8. The average molecular weight is 355 g/mol. The van der Waals surface area contributed by atoms with Crippen LogP contribution < -0.4 is 10.6 Å². The number of nitrogens with zero attached hydrogens (tertiary/aromatic N) is 2. The number of hydrogen-bond donors (Lipinski definition) is 2. The monoisotopic (exact) mass is 354 g/mol. The Kier molecular flexibility index (Phi) is 9.80. The molecule has 5 heteroatoms. The minimum absolute atomic E-state index is 0.172. The fourth-order valence-corrected chi connectivity index (χ4v) is 3.89. The lowest BCUT2D eigenvalue weighted by molar-refractivity contribution is 0.105. The van der Waals surface area contributed by atoms with Crippen LogP contribution in [0, 0.1) is 10.8 Å². The van der Waals surface area contributed by atoms with Gasteiger partial charge in [-0.2, -0.15) is 0 Å². The molecule has 25 heavy (non-hydrogen) atoms. The van der Waals surface area contributed by atoms with E-state index in [-0.39, 0.29) is 5.41 Å². The van der Waals surface area contributed by atoms with E-state index in [1.165, 1.54) is 25.7 Å². The van der Waals surface area contributed by atoms with Crippen LogP contribution >= 0.6 is 0 Å². The molecule has 0 amide bonds. The summed E-state index contributed by atoms with van der Waals surface area (Å²) in [6, 6.07) is 0. The number of rotatable bonds is 11. The average Bonchev–Trinajstić information content (AvgIpc) is 2.98. The molecule has 2 N–H and O–H groups in total. The molecule has 0 saturated heterocycles. The zero-order valence-corrected chi connectivity index (χ0v) is 17.6. The lowest BCUT2D eigenvalue weighted by Crippen LogP contribution is -2.44. The van der Waals surface area contributed by atoms with Crippen LogP contribution in [0.25, 0.3) is 0 Å². The van der Waals surface area contributed by atoms with Gasteiger partial charge in [0.05, 0.1) is 0 Å². The molecule has 0 heterocycles. The minimum Gasteiger partial charge on any atom is -0.382 e. The molecular weight excluding hydrogens is 312 g/mol. The van der Waals surface area contributed by atoms with Crippen molar-refractivity contribution in [2.24, 2.45) is 15.8 Å². The lowest BCUT2D eigenvalue weighted by Gasteiger charge is -2.31. The molecule has 1 aliphatic rings. The van der Waals surface area contributed by atoms with Gasteiger partial charge in [-0.25, -0.2) is 0 Å². The molecule has 1 aliphatic carbocycles. The molecule has 0 atom stereocenters. The summed E-state index contributed by atoms with van der Waals surface area (Å²) in [6.07, 6.45) is 6.45. The summed E-state index contributed by atoms with van der Waals surface area (Å²) in [4.78, 5) is 7.10. The van der Waals surface area contributed by atoms with E-state index in [9.17, 15) is 0 Å². The molecule has 5 nitrogen and oxygen atoms in total. The summed E-state index contributed by atoms with van der Waals surface area (Å²) in [6.45, 7) is 14.2. The van der Waals surface area contributed by atoms with Crippen molar-refractivity contribution >= 4 is 5.96 Å². The highest BCUT2D eigenvalue weighted by molar-refractivity contribution is 5.79. The van der Waals surface area contributed by atoms with Crippen LogP contribution in [0.3, 0.4) is 0 Å². The van der Waals surface area contributed by atoms with Gasteiger partial charge in [0.1, 0.15) is 0 Å². The van der Waals surface area contributed by atoms with Crippen molar-refractivity contribution in [1.29, 1.82) is 0 Å². The molecule has 1 rings (SSSR count). The third-order valence-electron chi connectivity index (χ3n) is 5.03. The van der Waals surface area contributed by atoms with Crippen LogP contribution in [0.4, 0.5) is 0 Å². The predicted molar refractivity (Wildman–Crippen MR) is 108 cm³/mol. The summed E-state index contributed by atoms with van der Waals surface area (Å²) in [5.41, 5.74) is 0.552. The molecular formula is C20H42N4O. The Labute approximate surface area is 156 Å². The third kappa shape index (κ3) is 8.91. The molecule has 148 valence electrons. The van der Waals surface area contributed by atoms with Crippen molar-refractivity contribution in [1.82, 2.24) is 15.5 Å². The van der Waals surface area contributed by atoms with Gasteiger partial charge in [0, 0.05) is 39.4 Å². The third-order valence-corrected chi connectivity index (χ3v) is 5.03. The first-order valence-corrected chi connectivity index (χ1v) is 10.1. The van der Waals surface area contributed by atoms with Crippen molar-refractivity contribution in [3.05, 3.63) is 0 Å². The highest BCUT2D eigenvalue weighted by Crippen LogP contribution is 2.40. The second-order valence-electron chi connectivity index (χ2n) is 8.60. The largest absolute Gasteiger partial charge is 0.382 e. The smallest absolute Gasteiger partial charge is 0.191 e. The SMILES string of the molecule is CCNC(=NCC(C)(C)CN(C)C)NCC1(CCOCC)CCCC1. The van der Waals surface area contributed by atoms with E-state index in [2.05, 4.69) is 57.3 Å². The van der Waals surface area contributed by atoms with Crippen molar-refractivity contribution < 1.29 is 4.74 Å². The van der Waals surface area contributed by atoms with E-state index in [1.807, 2.05) is 0 Å². The maximum atomic E-state index is 5.63. The van der Waals surface area contributed by atoms with Crippen LogP contribution in [-0.2, 0) is 4.74 Å². The Hall–Kier alpha value is -0.810. The quantitative estimate of drug-likeness (QED) is 0.340. The topological polar surface area (TPSA) is 48.9 Å². The minimum atomic E-state index is 0.172. The number of nitrogens with one attached hydrogen (secondary N) is 2. The second kappa shape index (κ2) is 11.0. The molecule has 0 bridgehead atoms. The highest BCUT2D eigenvalue weighted by atomic mass is 16.5. The summed E-state index contributed by atoms with van der Waals surface area (Å²) in [5.74, 6) is 0.956. The summed E-state index contributed by atoms with van der Waals surface area (Å²) >= 11 is 0. The van der Waals surface area contributed by atoms with Gasteiger partial charge in [0.2, 0.25) is 0 Å². The first-order chi connectivity index (χ1) is 11.8.